The Labute approximate surface area is 99.7 Å². The van der Waals surface area contributed by atoms with Crippen LogP contribution >= 0.6 is 0 Å². The Morgan fingerprint density at radius 2 is 2.12 bits per heavy atom. The number of nitriles is 1. The molecule has 0 aliphatic carbocycles. The Kier molecular flexibility index (Phi) is 4.70. The lowest BCUT2D eigenvalue weighted by atomic mass is 10.1. The second-order valence-electron chi connectivity index (χ2n) is 3.30. The van der Waals surface area contributed by atoms with Gasteiger partial charge in [-0.1, -0.05) is 0 Å². The monoisotopic (exact) mass is 231 g/mol. The molecule has 0 spiro atoms. The molecule has 0 radical (unpaired) electrons. The van der Waals surface area contributed by atoms with E-state index in [1.165, 1.54) is 0 Å². The third-order valence-corrected chi connectivity index (χ3v) is 2.10. The van der Waals surface area contributed by atoms with E-state index in [-0.39, 0.29) is 6.42 Å². The molecule has 88 valence electrons. The summed E-state index contributed by atoms with van der Waals surface area (Å²) in [6.45, 7) is 1.77. The van der Waals surface area contributed by atoms with E-state index < -0.39 is 5.91 Å². The van der Waals surface area contributed by atoms with Crippen LogP contribution in [-0.4, -0.2) is 18.7 Å². The highest BCUT2D eigenvalue weighted by Crippen LogP contribution is 2.11. The van der Waals surface area contributed by atoms with Crippen LogP contribution in [0.15, 0.2) is 29.4 Å². The average molecular weight is 231 g/mol. The summed E-state index contributed by atoms with van der Waals surface area (Å²) in [4.78, 5) is 11.0. The van der Waals surface area contributed by atoms with Crippen molar-refractivity contribution in [2.24, 2.45) is 5.10 Å². The summed E-state index contributed by atoms with van der Waals surface area (Å²) in [7, 11) is 1.60. The molecule has 0 saturated carbocycles. The summed E-state index contributed by atoms with van der Waals surface area (Å²) in [5.41, 5.74) is 3.85. The molecule has 1 N–H and O–H groups in total. The zero-order valence-corrected chi connectivity index (χ0v) is 9.73. The third-order valence-electron chi connectivity index (χ3n) is 2.10. The van der Waals surface area contributed by atoms with Crippen LogP contribution in [-0.2, 0) is 4.79 Å². The second-order valence-corrected chi connectivity index (χ2v) is 3.30. The van der Waals surface area contributed by atoms with Crippen molar-refractivity contribution in [1.82, 2.24) is 5.43 Å². The van der Waals surface area contributed by atoms with Crippen molar-refractivity contribution in [2.45, 2.75) is 13.3 Å². The number of carbonyl (C=O) groups is 1. The predicted octanol–water partition coefficient (Wildman–Crippen LogP) is 1.45. The van der Waals surface area contributed by atoms with Crippen LogP contribution < -0.4 is 10.2 Å². The van der Waals surface area contributed by atoms with Gasteiger partial charge in [-0.05, 0) is 36.8 Å². The van der Waals surface area contributed by atoms with Gasteiger partial charge in [0.25, 0.3) is 5.91 Å². The zero-order chi connectivity index (χ0) is 12.7. The Morgan fingerprint density at radius 3 is 2.65 bits per heavy atom. The van der Waals surface area contributed by atoms with Gasteiger partial charge in [-0.15, -0.1) is 0 Å². The molecule has 0 aliphatic rings. The van der Waals surface area contributed by atoms with Gasteiger partial charge in [0.2, 0.25) is 0 Å². The summed E-state index contributed by atoms with van der Waals surface area (Å²) in [6.07, 6.45) is -0.195. The van der Waals surface area contributed by atoms with Crippen molar-refractivity contribution in [3.8, 4) is 11.8 Å². The zero-order valence-electron chi connectivity index (χ0n) is 9.73. The van der Waals surface area contributed by atoms with Gasteiger partial charge >= 0.3 is 0 Å². The van der Waals surface area contributed by atoms with E-state index in [4.69, 9.17) is 10.00 Å². The molecule has 0 aliphatic heterocycles. The highest BCUT2D eigenvalue weighted by molar-refractivity contribution is 5.99. The molecule has 17 heavy (non-hydrogen) atoms. The molecule has 0 unspecified atom stereocenters. The molecule has 0 bridgehead atoms. The molecule has 1 aromatic rings. The van der Waals surface area contributed by atoms with Crippen LogP contribution in [0.3, 0.4) is 0 Å². The molecule has 1 amide bonds. The first-order valence-electron chi connectivity index (χ1n) is 5.02. The number of hydrazone groups is 1. The molecular formula is C12H13N3O2. The van der Waals surface area contributed by atoms with Gasteiger partial charge in [0.1, 0.15) is 12.2 Å². The van der Waals surface area contributed by atoms with Crippen LogP contribution in [0.4, 0.5) is 0 Å². The van der Waals surface area contributed by atoms with Crippen LogP contribution in [0.1, 0.15) is 18.9 Å². The van der Waals surface area contributed by atoms with Crippen molar-refractivity contribution >= 4 is 11.6 Å². The summed E-state index contributed by atoms with van der Waals surface area (Å²) in [5, 5.41) is 12.2. The Morgan fingerprint density at radius 1 is 1.47 bits per heavy atom. The van der Waals surface area contributed by atoms with Crippen LogP contribution in [0, 0.1) is 11.3 Å². The van der Waals surface area contributed by atoms with E-state index >= 15 is 0 Å². The number of methoxy groups -OCH3 is 1. The van der Waals surface area contributed by atoms with Crippen molar-refractivity contribution in [1.29, 1.82) is 5.26 Å². The number of nitrogens with one attached hydrogen (secondary N) is 1. The SMILES string of the molecule is COc1ccc(C(C)=NNC(=O)CC#N)cc1. The number of amides is 1. The van der Waals surface area contributed by atoms with Gasteiger partial charge in [-0.25, -0.2) is 5.43 Å². The van der Waals surface area contributed by atoms with E-state index in [1.54, 1.807) is 20.1 Å². The number of carbonyl (C=O) groups excluding carboxylic acids is 1. The molecular weight excluding hydrogens is 218 g/mol. The molecule has 5 nitrogen and oxygen atoms in total. The predicted molar refractivity (Wildman–Crippen MR) is 63.6 cm³/mol. The molecule has 1 rings (SSSR count). The topological polar surface area (TPSA) is 74.5 Å². The lowest BCUT2D eigenvalue weighted by molar-refractivity contribution is -0.120. The Balaban J connectivity index is 2.68. The number of benzene rings is 1. The van der Waals surface area contributed by atoms with Crippen molar-refractivity contribution in [2.75, 3.05) is 7.11 Å². The molecule has 0 atom stereocenters. The summed E-state index contributed by atoms with van der Waals surface area (Å²) < 4.78 is 5.03. The Bertz CT molecular complexity index is 458. The van der Waals surface area contributed by atoms with Crippen LogP contribution in [0.25, 0.3) is 0 Å². The fourth-order valence-electron chi connectivity index (χ4n) is 1.15. The fourth-order valence-corrected chi connectivity index (χ4v) is 1.15. The van der Waals surface area contributed by atoms with Crippen molar-refractivity contribution < 1.29 is 9.53 Å². The van der Waals surface area contributed by atoms with Crippen LogP contribution in [0.2, 0.25) is 0 Å². The van der Waals surface area contributed by atoms with E-state index in [2.05, 4.69) is 10.5 Å². The van der Waals surface area contributed by atoms with Gasteiger partial charge in [0.05, 0.1) is 18.9 Å². The van der Waals surface area contributed by atoms with Gasteiger partial charge in [0, 0.05) is 0 Å². The quantitative estimate of drug-likeness (QED) is 0.629. The van der Waals surface area contributed by atoms with Gasteiger partial charge in [-0.2, -0.15) is 10.4 Å². The van der Waals surface area contributed by atoms with E-state index in [0.717, 1.165) is 11.3 Å². The maximum absolute atomic E-state index is 11.0. The largest absolute Gasteiger partial charge is 0.497 e. The minimum Gasteiger partial charge on any atom is -0.497 e. The number of rotatable bonds is 4. The maximum atomic E-state index is 11.0. The number of ether oxygens (including phenoxy) is 1. The lowest BCUT2D eigenvalue weighted by Gasteiger charge is -2.03. The highest BCUT2D eigenvalue weighted by Gasteiger charge is 2.00. The number of hydrogen-bond donors (Lipinski definition) is 1. The lowest BCUT2D eigenvalue weighted by Crippen LogP contribution is -2.18. The fraction of sp³-hybridized carbons (Fsp3) is 0.250. The maximum Gasteiger partial charge on any atom is 0.254 e. The normalized spacial score (nSPS) is 10.5. The Hall–Kier alpha value is -2.35. The first kappa shape index (κ1) is 12.7. The second kappa shape index (κ2) is 6.28. The van der Waals surface area contributed by atoms with Gasteiger partial charge < -0.3 is 4.74 Å². The number of hydrogen-bond acceptors (Lipinski definition) is 4. The molecule has 5 heteroatoms. The van der Waals surface area contributed by atoms with Crippen molar-refractivity contribution in [3.63, 3.8) is 0 Å². The summed E-state index contributed by atoms with van der Waals surface area (Å²) >= 11 is 0. The summed E-state index contributed by atoms with van der Waals surface area (Å²) in [6, 6.07) is 9.05. The molecule has 0 fully saturated rings. The minimum absolute atomic E-state index is 0.195. The van der Waals surface area contributed by atoms with Crippen LogP contribution in [0.5, 0.6) is 5.75 Å². The first-order valence-corrected chi connectivity index (χ1v) is 5.02. The highest BCUT2D eigenvalue weighted by atomic mass is 16.5. The molecule has 0 saturated heterocycles. The number of nitrogens with zero attached hydrogens (tertiary/aromatic N) is 2. The van der Waals surface area contributed by atoms with Gasteiger partial charge in [-0.3, -0.25) is 4.79 Å². The smallest absolute Gasteiger partial charge is 0.254 e. The first-order chi connectivity index (χ1) is 8.17. The van der Waals surface area contributed by atoms with Crippen molar-refractivity contribution in [3.05, 3.63) is 29.8 Å². The van der Waals surface area contributed by atoms with E-state index in [0.29, 0.717) is 5.71 Å². The average Bonchev–Trinajstić information content (AvgIpc) is 2.36. The van der Waals surface area contributed by atoms with Gasteiger partial charge in [0.15, 0.2) is 0 Å². The molecule has 0 aromatic heterocycles. The van der Waals surface area contributed by atoms with E-state index in [1.807, 2.05) is 24.3 Å². The standard InChI is InChI=1S/C12H13N3O2/c1-9(14-15-12(16)7-8-13)10-3-5-11(17-2)6-4-10/h3-6H,7H2,1-2H3,(H,15,16). The summed E-state index contributed by atoms with van der Waals surface area (Å²) in [5.74, 6) is 0.343. The third kappa shape index (κ3) is 3.95. The minimum atomic E-state index is -0.416. The van der Waals surface area contributed by atoms with E-state index in [9.17, 15) is 4.79 Å². The molecule has 0 heterocycles. The molecule has 1 aromatic carbocycles.